The van der Waals surface area contributed by atoms with Gasteiger partial charge < -0.3 is 10.2 Å². The number of carboxylic acid groups (broad SMARTS) is 2. The molecule has 3 heterocycles. The predicted octanol–water partition coefficient (Wildman–Crippen LogP) is 4.76. The van der Waals surface area contributed by atoms with Crippen LogP contribution in [0.15, 0.2) is 47.4 Å². The summed E-state index contributed by atoms with van der Waals surface area (Å²) < 4.78 is 0. The lowest BCUT2D eigenvalue weighted by atomic mass is 10.2. The first kappa shape index (κ1) is 15.7. The fraction of sp³-hybridized carbons (Fsp3) is 0. The summed E-state index contributed by atoms with van der Waals surface area (Å²) in [6.45, 7) is 0. The molecule has 3 aromatic heterocycles. The molecular weight excluding hydrogens is 352 g/mol. The van der Waals surface area contributed by atoms with E-state index in [9.17, 15) is 9.59 Å². The number of hydrogen-bond donors (Lipinski definition) is 2. The van der Waals surface area contributed by atoms with Crippen molar-refractivity contribution in [2.45, 2.75) is 0 Å². The number of hydrogen-bond acceptors (Lipinski definition) is 5. The molecule has 0 unspecified atom stereocenters. The second-order valence-electron chi connectivity index (χ2n) is 4.51. The zero-order valence-electron chi connectivity index (χ0n) is 11.6. The lowest BCUT2D eigenvalue weighted by Crippen LogP contribution is -2.10. The smallest absolute Gasteiger partial charge is 0.343 e. The molecule has 23 heavy (non-hydrogen) atoms. The number of carbonyl (C=O) groups is 2. The highest BCUT2D eigenvalue weighted by atomic mass is 32.1. The number of thiophene rings is 3. The molecule has 7 heteroatoms. The fourth-order valence-electron chi connectivity index (χ4n) is 1.94. The SMILES string of the molecule is O=C(O)C(=Cc1ccc(-c2ccc(-c3cccs3)s2)s1)C(=O)O. The molecule has 2 N–H and O–H groups in total. The van der Waals surface area contributed by atoms with Crippen LogP contribution in [0, 0.1) is 0 Å². The van der Waals surface area contributed by atoms with Crippen molar-refractivity contribution in [3.8, 4) is 19.5 Å². The molecule has 0 spiro atoms. The summed E-state index contributed by atoms with van der Waals surface area (Å²) in [5, 5.41) is 19.8. The minimum Gasteiger partial charge on any atom is -0.477 e. The Labute approximate surface area is 143 Å². The maximum atomic E-state index is 10.9. The van der Waals surface area contributed by atoms with Gasteiger partial charge in [0.25, 0.3) is 0 Å². The molecule has 0 atom stereocenters. The first-order valence-electron chi connectivity index (χ1n) is 6.47. The van der Waals surface area contributed by atoms with Crippen LogP contribution in [-0.4, -0.2) is 22.2 Å². The van der Waals surface area contributed by atoms with Crippen molar-refractivity contribution in [1.82, 2.24) is 0 Å². The van der Waals surface area contributed by atoms with E-state index in [0.717, 1.165) is 9.75 Å². The van der Waals surface area contributed by atoms with Crippen LogP contribution in [0.5, 0.6) is 0 Å². The molecule has 0 aliphatic carbocycles. The average Bonchev–Trinajstić information content (AvgIpc) is 3.23. The summed E-state index contributed by atoms with van der Waals surface area (Å²) in [5.41, 5.74) is -0.635. The van der Waals surface area contributed by atoms with E-state index in [4.69, 9.17) is 10.2 Å². The highest BCUT2D eigenvalue weighted by Gasteiger charge is 2.16. The molecule has 4 nitrogen and oxygen atoms in total. The van der Waals surface area contributed by atoms with E-state index in [1.165, 1.54) is 27.2 Å². The molecule has 3 rings (SSSR count). The van der Waals surface area contributed by atoms with E-state index in [-0.39, 0.29) is 0 Å². The summed E-state index contributed by atoms with van der Waals surface area (Å²) in [7, 11) is 0. The van der Waals surface area contributed by atoms with Gasteiger partial charge in [0, 0.05) is 24.4 Å². The van der Waals surface area contributed by atoms with Gasteiger partial charge in [0.15, 0.2) is 0 Å². The highest BCUT2D eigenvalue weighted by Crippen LogP contribution is 2.39. The molecule has 0 saturated carbocycles. The lowest BCUT2D eigenvalue weighted by molar-refractivity contribution is -0.139. The van der Waals surface area contributed by atoms with Gasteiger partial charge in [-0.15, -0.1) is 34.0 Å². The molecule has 0 saturated heterocycles. The van der Waals surface area contributed by atoms with Crippen LogP contribution in [0.25, 0.3) is 25.6 Å². The number of carboxylic acids is 2. The molecule has 0 aliphatic heterocycles. The summed E-state index contributed by atoms with van der Waals surface area (Å²) >= 11 is 4.70. The first-order chi connectivity index (χ1) is 11.0. The zero-order valence-corrected chi connectivity index (χ0v) is 14.0. The van der Waals surface area contributed by atoms with Crippen LogP contribution < -0.4 is 0 Å². The minimum absolute atomic E-state index is 0.603. The molecule has 116 valence electrons. The van der Waals surface area contributed by atoms with Gasteiger partial charge in [-0.1, -0.05) is 6.07 Å². The first-order valence-corrected chi connectivity index (χ1v) is 8.98. The van der Waals surface area contributed by atoms with Crippen LogP contribution in [0.2, 0.25) is 0 Å². The maximum absolute atomic E-state index is 10.9. The van der Waals surface area contributed by atoms with Gasteiger partial charge in [-0.3, -0.25) is 0 Å². The van der Waals surface area contributed by atoms with Crippen LogP contribution in [-0.2, 0) is 9.59 Å². The van der Waals surface area contributed by atoms with Gasteiger partial charge in [0.2, 0.25) is 0 Å². The predicted molar refractivity (Wildman–Crippen MR) is 94.2 cm³/mol. The molecule has 0 fully saturated rings. The molecule has 0 bridgehead atoms. The Kier molecular flexibility index (Phi) is 4.42. The Morgan fingerprint density at radius 2 is 1.43 bits per heavy atom. The van der Waals surface area contributed by atoms with Crippen LogP contribution >= 0.6 is 34.0 Å². The second kappa shape index (κ2) is 6.49. The van der Waals surface area contributed by atoms with Crippen molar-refractivity contribution in [1.29, 1.82) is 0 Å². The average molecular weight is 362 g/mol. The van der Waals surface area contributed by atoms with Gasteiger partial charge in [0.05, 0.1) is 0 Å². The highest BCUT2D eigenvalue weighted by molar-refractivity contribution is 7.26. The molecular formula is C16H10O4S3. The van der Waals surface area contributed by atoms with Gasteiger partial charge in [0.1, 0.15) is 5.57 Å². The third-order valence-electron chi connectivity index (χ3n) is 2.99. The Bertz CT molecular complexity index is 868. The zero-order chi connectivity index (χ0) is 16.4. The van der Waals surface area contributed by atoms with Crippen molar-refractivity contribution >= 4 is 52.0 Å². The lowest BCUT2D eigenvalue weighted by Gasteiger charge is -1.93. The van der Waals surface area contributed by atoms with E-state index < -0.39 is 17.5 Å². The van der Waals surface area contributed by atoms with Crippen LogP contribution in [0.4, 0.5) is 0 Å². The Balaban J connectivity index is 1.89. The van der Waals surface area contributed by atoms with Crippen molar-refractivity contribution in [2.24, 2.45) is 0 Å². The maximum Gasteiger partial charge on any atom is 0.343 e. The summed E-state index contributed by atoms with van der Waals surface area (Å²) in [5.74, 6) is -2.88. The van der Waals surface area contributed by atoms with Crippen molar-refractivity contribution in [3.63, 3.8) is 0 Å². The van der Waals surface area contributed by atoms with Crippen molar-refractivity contribution in [2.75, 3.05) is 0 Å². The van der Waals surface area contributed by atoms with Gasteiger partial charge in [-0.05, 0) is 41.8 Å². The van der Waals surface area contributed by atoms with Gasteiger partial charge in [-0.2, -0.15) is 0 Å². The Morgan fingerprint density at radius 1 is 0.826 bits per heavy atom. The number of aliphatic carboxylic acids is 2. The topological polar surface area (TPSA) is 74.6 Å². The Morgan fingerprint density at radius 3 is 2.04 bits per heavy atom. The standard InChI is InChI=1S/C16H10O4S3/c17-15(18)10(16(19)20)8-9-3-4-13(22-9)14-6-5-12(23-14)11-2-1-7-21-11/h1-8H,(H,17,18)(H,19,20). The van der Waals surface area contributed by atoms with E-state index in [0.29, 0.717) is 4.88 Å². The molecule has 0 radical (unpaired) electrons. The molecule has 0 aromatic carbocycles. The van der Waals surface area contributed by atoms with Crippen LogP contribution in [0.1, 0.15) is 4.88 Å². The van der Waals surface area contributed by atoms with Crippen molar-refractivity contribution < 1.29 is 19.8 Å². The molecule has 3 aromatic rings. The second-order valence-corrected chi connectivity index (χ2v) is 7.66. The van der Waals surface area contributed by atoms with E-state index in [1.807, 2.05) is 23.6 Å². The quantitative estimate of drug-likeness (QED) is 0.390. The largest absolute Gasteiger partial charge is 0.477 e. The van der Waals surface area contributed by atoms with Crippen molar-refractivity contribution in [3.05, 3.63) is 52.2 Å². The third-order valence-corrected chi connectivity index (χ3v) is 6.37. The molecule has 0 aliphatic rings. The van der Waals surface area contributed by atoms with E-state index >= 15 is 0 Å². The normalized spacial score (nSPS) is 10.4. The Hall–Kier alpha value is -2.22. The third kappa shape index (κ3) is 3.42. The van der Waals surface area contributed by atoms with E-state index in [2.05, 4.69) is 12.1 Å². The van der Waals surface area contributed by atoms with Gasteiger partial charge >= 0.3 is 11.9 Å². The summed E-state index contributed by atoms with van der Waals surface area (Å²) in [6.07, 6.45) is 1.19. The van der Waals surface area contributed by atoms with Crippen LogP contribution in [0.3, 0.4) is 0 Å². The van der Waals surface area contributed by atoms with Gasteiger partial charge in [-0.25, -0.2) is 9.59 Å². The monoisotopic (exact) mass is 362 g/mol. The summed E-state index contributed by atoms with van der Waals surface area (Å²) in [4.78, 5) is 26.9. The minimum atomic E-state index is -1.44. The molecule has 0 amide bonds. The summed E-state index contributed by atoms with van der Waals surface area (Å²) in [6, 6.07) is 11.8. The number of rotatable bonds is 5. The fourth-order valence-corrected chi connectivity index (χ4v) is 4.82. The van der Waals surface area contributed by atoms with E-state index in [1.54, 1.807) is 28.7 Å².